The van der Waals surface area contributed by atoms with Crippen molar-refractivity contribution in [3.8, 4) is 0 Å². The number of benzene rings is 1. The van der Waals surface area contributed by atoms with Crippen molar-refractivity contribution < 1.29 is 17.5 Å². The molecule has 3 N–H and O–H groups in total. The number of sulfonamides is 1. The summed E-state index contributed by atoms with van der Waals surface area (Å²) < 4.78 is 44.8. The summed E-state index contributed by atoms with van der Waals surface area (Å²) >= 11 is 0. The molecule has 0 radical (unpaired) electrons. The Morgan fingerprint density at radius 1 is 1.42 bits per heavy atom. The monoisotopic (exact) mass is 290 g/mol. The number of anilines is 1. The van der Waals surface area contributed by atoms with Gasteiger partial charge >= 0.3 is 0 Å². The summed E-state index contributed by atoms with van der Waals surface area (Å²) in [5.41, 5.74) is 5.93. The summed E-state index contributed by atoms with van der Waals surface area (Å²) in [7, 11) is -3.73. The van der Waals surface area contributed by atoms with Gasteiger partial charge in [0.05, 0.1) is 4.90 Å². The molecule has 0 unspecified atom stereocenters. The molecule has 0 spiro atoms. The first-order valence-corrected chi connectivity index (χ1v) is 7.50. The Kier molecular flexibility index (Phi) is 5.71. The van der Waals surface area contributed by atoms with Crippen LogP contribution in [0.25, 0.3) is 0 Å². The maximum Gasteiger partial charge on any atom is 0.240 e. The second-order valence-electron chi connectivity index (χ2n) is 4.07. The van der Waals surface area contributed by atoms with E-state index < -0.39 is 15.8 Å². The van der Waals surface area contributed by atoms with Gasteiger partial charge in [-0.15, -0.1) is 0 Å². The molecule has 5 nitrogen and oxygen atoms in total. The molecule has 0 saturated carbocycles. The maximum absolute atomic E-state index is 13.5. The normalized spacial score (nSPS) is 11.7. The highest BCUT2D eigenvalue weighted by Gasteiger charge is 2.16. The van der Waals surface area contributed by atoms with Crippen LogP contribution >= 0.6 is 0 Å². The molecule has 1 rings (SSSR count). The van der Waals surface area contributed by atoms with E-state index in [1.165, 1.54) is 13.0 Å². The minimum Gasteiger partial charge on any atom is -0.398 e. The molecule has 0 amide bonds. The maximum atomic E-state index is 13.5. The van der Waals surface area contributed by atoms with Crippen LogP contribution in [-0.2, 0) is 14.8 Å². The Labute approximate surface area is 113 Å². The Morgan fingerprint density at radius 3 is 2.68 bits per heavy atom. The van der Waals surface area contributed by atoms with Crippen LogP contribution in [0, 0.1) is 12.7 Å². The number of nitrogen functional groups attached to an aromatic ring is 1. The topological polar surface area (TPSA) is 81.4 Å². The molecule has 0 aliphatic carbocycles. The van der Waals surface area contributed by atoms with Crippen molar-refractivity contribution in [1.29, 1.82) is 0 Å². The van der Waals surface area contributed by atoms with Crippen molar-refractivity contribution in [1.82, 2.24) is 4.72 Å². The van der Waals surface area contributed by atoms with E-state index in [4.69, 9.17) is 10.5 Å². The first-order chi connectivity index (χ1) is 8.88. The van der Waals surface area contributed by atoms with E-state index in [0.29, 0.717) is 19.6 Å². The van der Waals surface area contributed by atoms with Crippen molar-refractivity contribution in [3.05, 3.63) is 23.5 Å². The van der Waals surface area contributed by atoms with E-state index in [1.807, 2.05) is 6.92 Å². The fourth-order valence-corrected chi connectivity index (χ4v) is 2.56. The zero-order valence-corrected chi connectivity index (χ0v) is 11.9. The predicted octanol–water partition coefficient (Wildman–Crippen LogP) is 1.42. The van der Waals surface area contributed by atoms with Crippen molar-refractivity contribution in [2.75, 3.05) is 25.5 Å². The minimum absolute atomic E-state index is 0.120. The molecule has 0 atom stereocenters. The number of hydrogen-bond acceptors (Lipinski definition) is 4. The zero-order valence-electron chi connectivity index (χ0n) is 11.1. The highest BCUT2D eigenvalue weighted by atomic mass is 32.2. The quantitative estimate of drug-likeness (QED) is 0.588. The lowest BCUT2D eigenvalue weighted by Crippen LogP contribution is -2.26. The van der Waals surface area contributed by atoms with E-state index in [9.17, 15) is 12.8 Å². The summed E-state index contributed by atoms with van der Waals surface area (Å²) in [5.74, 6) is -0.630. The van der Waals surface area contributed by atoms with Crippen molar-refractivity contribution in [2.24, 2.45) is 0 Å². The summed E-state index contributed by atoms with van der Waals surface area (Å²) in [6, 6.07) is 2.22. The smallest absolute Gasteiger partial charge is 0.240 e. The van der Waals surface area contributed by atoms with Crippen LogP contribution in [0.5, 0.6) is 0 Å². The molecule has 0 heterocycles. The van der Waals surface area contributed by atoms with Gasteiger partial charge in [0.2, 0.25) is 10.0 Å². The minimum atomic E-state index is -3.73. The second-order valence-corrected chi connectivity index (χ2v) is 5.83. The Balaban J connectivity index is 2.72. The number of nitrogens with one attached hydrogen (secondary N) is 1. The van der Waals surface area contributed by atoms with E-state index in [-0.39, 0.29) is 22.7 Å². The molecule has 1 aromatic carbocycles. The second kappa shape index (κ2) is 6.83. The zero-order chi connectivity index (χ0) is 14.5. The molecule has 19 heavy (non-hydrogen) atoms. The number of halogens is 1. The third kappa shape index (κ3) is 4.45. The SMILES string of the molecule is CCOCCCNS(=O)(=O)c1cc(N)c(C)c(F)c1. The average molecular weight is 290 g/mol. The van der Waals surface area contributed by atoms with Crippen molar-refractivity contribution >= 4 is 15.7 Å². The molecular weight excluding hydrogens is 271 g/mol. The number of rotatable bonds is 7. The standard InChI is InChI=1S/C12H19FN2O3S/c1-3-18-6-4-5-15-19(16,17)10-7-11(13)9(2)12(14)8-10/h7-8,15H,3-6,14H2,1-2H3. The Hall–Kier alpha value is -1.18. The van der Waals surface area contributed by atoms with Gasteiger partial charge in [0.15, 0.2) is 0 Å². The first-order valence-electron chi connectivity index (χ1n) is 6.01. The van der Waals surface area contributed by atoms with Crippen LogP contribution in [0.3, 0.4) is 0 Å². The Bertz CT molecular complexity index is 509. The fraction of sp³-hybridized carbons (Fsp3) is 0.500. The molecule has 1 aromatic rings. The third-order valence-corrected chi connectivity index (χ3v) is 4.07. The third-order valence-electron chi connectivity index (χ3n) is 2.63. The van der Waals surface area contributed by atoms with Crippen LogP contribution in [0.15, 0.2) is 17.0 Å². The molecule has 0 fully saturated rings. The van der Waals surface area contributed by atoms with Crippen molar-refractivity contribution in [2.45, 2.75) is 25.2 Å². The molecule has 7 heteroatoms. The molecule has 0 aromatic heterocycles. The molecular formula is C12H19FN2O3S. The number of ether oxygens (including phenoxy) is 1. The largest absolute Gasteiger partial charge is 0.398 e. The molecule has 0 saturated heterocycles. The van der Waals surface area contributed by atoms with Crippen LogP contribution in [0.2, 0.25) is 0 Å². The van der Waals surface area contributed by atoms with E-state index in [2.05, 4.69) is 4.72 Å². The van der Waals surface area contributed by atoms with Gasteiger partial charge in [0.25, 0.3) is 0 Å². The molecule has 0 aliphatic heterocycles. The lowest BCUT2D eigenvalue weighted by molar-refractivity contribution is 0.146. The lowest BCUT2D eigenvalue weighted by atomic mass is 10.2. The lowest BCUT2D eigenvalue weighted by Gasteiger charge is -2.09. The molecule has 0 aliphatic rings. The Morgan fingerprint density at radius 2 is 2.11 bits per heavy atom. The predicted molar refractivity (Wildman–Crippen MR) is 71.8 cm³/mol. The van der Waals surface area contributed by atoms with Gasteiger partial charge in [-0.2, -0.15) is 0 Å². The number of nitrogens with two attached hydrogens (primary N) is 1. The van der Waals surface area contributed by atoms with Crippen LogP contribution < -0.4 is 10.5 Å². The van der Waals surface area contributed by atoms with Gasteiger partial charge in [-0.05, 0) is 32.4 Å². The highest BCUT2D eigenvalue weighted by molar-refractivity contribution is 7.89. The van der Waals surface area contributed by atoms with Crippen LogP contribution in [0.4, 0.5) is 10.1 Å². The highest BCUT2D eigenvalue weighted by Crippen LogP contribution is 2.20. The summed E-state index contributed by atoms with van der Waals surface area (Å²) in [6.07, 6.45) is 0.552. The van der Waals surface area contributed by atoms with Gasteiger partial charge in [0.1, 0.15) is 5.82 Å². The van der Waals surface area contributed by atoms with Crippen LogP contribution in [0.1, 0.15) is 18.9 Å². The number of hydrogen-bond donors (Lipinski definition) is 2. The van der Waals surface area contributed by atoms with Gasteiger partial charge in [0, 0.05) is 31.0 Å². The van der Waals surface area contributed by atoms with E-state index in [0.717, 1.165) is 6.07 Å². The van der Waals surface area contributed by atoms with Gasteiger partial charge < -0.3 is 10.5 Å². The fourth-order valence-electron chi connectivity index (χ4n) is 1.44. The summed E-state index contributed by atoms with van der Waals surface area (Å²) in [5, 5.41) is 0. The van der Waals surface area contributed by atoms with Gasteiger partial charge in [-0.25, -0.2) is 17.5 Å². The van der Waals surface area contributed by atoms with Crippen molar-refractivity contribution in [3.63, 3.8) is 0 Å². The first kappa shape index (κ1) is 15.9. The average Bonchev–Trinajstić information content (AvgIpc) is 2.35. The van der Waals surface area contributed by atoms with Crippen LogP contribution in [-0.4, -0.2) is 28.2 Å². The summed E-state index contributed by atoms with van der Waals surface area (Å²) in [4.78, 5) is -0.162. The van der Waals surface area contributed by atoms with Gasteiger partial charge in [-0.1, -0.05) is 0 Å². The van der Waals surface area contributed by atoms with E-state index >= 15 is 0 Å². The molecule has 108 valence electrons. The summed E-state index contributed by atoms with van der Waals surface area (Å²) in [6.45, 7) is 4.66. The molecule has 0 bridgehead atoms. The van der Waals surface area contributed by atoms with E-state index in [1.54, 1.807) is 0 Å². The van der Waals surface area contributed by atoms with Gasteiger partial charge in [-0.3, -0.25) is 0 Å².